The molecule has 0 aromatic carbocycles. The van der Waals surface area contributed by atoms with E-state index in [1.807, 2.05) is 6.92 Å². The molecule has 0 aromatic rings. The molecule has 0 aromatic heterocycles. The van der Waals surface area contributed by atoms with E-state index in [1.54, 1.807) is 0 Å². The van der Waals surface area contributed by atoms with Crippen molar-refractivity contribution < 1.29 is 4.79 Å². The molecule has 1 heterocycles. The fourth-order valence-electron chi connectivity index (χ4n) is 2.58. The van der Waals surface area contributed by atoms with Gasteiger partial charge in [0, 0.05) is 38.8 Å². The Morgan fingerprint density at radius 2 is 1.94 bits per heavy atom. The van der Waals surface area contributed by atoms with Crippen molar-refractivity contribution in [3.63, 3.8) is 0 Å². The van der Waals surface area contributed by atoms with Gasteiger partial charge in [-0.2, -0.15) is 0 Å². The Labute approximate surface area is 111 Å². The SMILES string of the molecule is CCNC(=O)CN1CCN(C(CC)CCN)CC1. The smallest absolute Gasteiger partial charge is 0.234 e. The molecule has 5 nitrogen and oxygen atoms in total. The third-order valence-electron chi connectivity index (χ3n) is 3.64. The van der Waals surface area contributed by atoms with Gasteiger partial charge in [0.05, 0.1) is 6.54 Å². The minimum absolute atomic E-state index is 0.139. The van der Waals surface area contributed by atoms with E-state index < -0.39 is 0 Å². The van der Waals surface area contributed by atoms with Crippen LogP contribution in [-0.2, 0) is 4.79 Å². The molecule has 5 heteroatoms. The average molecular weight is 256 g/mol. The predicted molar refractivity (Wildman–Crippen MR) is 74.4 cm³/mol. The lowest BCUT2D eigenvalue weighted by molar-refractivity contribution is -0.122. The van der Waals surface area contributed by atoms with Crippen molar-refractivity contribution in [1.29, 1.82) is 0 Å². The standard InChI is InChI=1S/C13H28N4O/c1-3-12(5-6-14)17-9-7-16(8-10-17)11-13(18)15-4-2/h12H,3-11,14H2,1-2H3,(H,15,18). The van der Waals surface area contributed by atoms with E-state index in [1.165, 1.54) is 0 Å². The van der Waals surface area contributed by atoms with E-state index in [-0.39, 0.29) is 5.91 Å². The summed E-state index contributed by atoms with van der Waals surface area (Å²) in [5.41, 5.74) is 5.65. The number of nitrogens with one attached hydrogen (secondary N) is 1. The summed E-state index contributed by atoms with van der Waals surface area (Å²) in [7, 11) is 0. The Balaban J connectivity index is 2.29. The van der Waals surface area contributed by atoms with Gasteiger partial charge in [-0.1, -0.05) is 6.92 Å². The monoisotopic (exact) mass is 256 g/mol. The molecule has 0 radical (unpaired) electrons. The molecule has 0 aliphatic carbocycles. The minimum Gasteiger partial charge on any atom is -0.355 e. The van der Waals surface area contributed by atoms with Gasteiger partial charge in [-0.3, -0.25) is 14.6 Å². The van der Waals surface area contributed by atoms with Gasteiger partial charge < -0.3 is 11.1 Å². The van der Waals surface area contributed by atoms with Crippen molar-refractivity contribution in [1.82, 2.24) is 15.1 Å². The maximum Gasteiger partial charge on any atom is 0.234 e. The summed E-state index contributed by atoms with van der Waals surface area (Å²) < 4.78 is 0. The normalized spacial score (nSPS) is 19.7. The minimum atomic E-state index is 0.139. The van der Waals surface area contributed by atoms with Crippen LogP contribution in [0.5, 0.6) is 0 Å². The summed E-state index contributed by atoms with van der Waals surface area (Å²) in [6, 6.07) is 0.613. The van der Waals surface area contributed by atoms with Crippen LogP contribution >= 0.6 is 0 Å². The van der Waals surface area contributed by atoms with Gasteiger partial charge >= 0.3 is 0 Å². The fourth-order valence-corrected chi connectivity index (χ4v) is 2.58. The molecule has 3 N–H and O–H groups in total. The predicted octanol–water partition coefficient (Wildman–Crippen LogP) is -0.132. The molecule has 1 saturated heterocycles. The molecule has 1 rings (SSSR count). The Hall–Kier alpha value is -0.650. The molecule has 1 aliphatic heterocycles. The quantitative estimate of drug-likeness (QED) is 0.666. The second kappa shape index (κ2) is 8.45. The first-order chi connectivity index (χ1) is 8.71. The van der Waals surface area contributed by atoms with Gasteiger partial charge in [0.25, 0.3) is 0 Å². The van der Waals surface area contributed by atoms with Crippen LogP contribution in [0.4, 0.5) is 0 Å². The van der Waals surface area contributed by atoms with Crippen molar-refractivity contribution in [2.24, 2.45) is 5.73 Å². The van der Waals surface area contributed by atoms with E-state index in [2.05, 4.69) is 22.0 Å². The van der Waals surface area contributed by atoms with Crippen molar-refractivity contribution in [2.75, 3.05) is 45.8 Å². The summed E-state index contributed by atoms with van der Waals surface area (Å²) in [6.45, 7) is 10.3. The van der Waals surface area contributed by atoms with Crippen LogP contribution in [-0.4, -0.2) is 67.6 Å². The molecule has 1 atom stereocenters. The molecular formula is C13H28N4O. The average Bonchev–Trinajstić information content (AvgIpc) is 2.37. The summed E-state index contributed by atoms with van der Waals surface area (Å²) in [5.74, 6) is 0.139. The number of piperazine rings is 1. The Kier molecular flexibility index (Phi) is 7.23. The Bertz CT molecular complexity index is 239. The number of hydrogen-bond acceptors (Lipinski definition) is 4. The first-order valence-corrected chi connectivity index (χ1v) is 7.14. The van der Waals surface area contributed by atoms with Crippen molar-refractivity contribution in [2.45, 2.75) is 32.7 Å². The zero-order valence-corrected chi connectivity index (χ0v) is 11.8. The fraction of sp³-hybridized carbons (Fsp3) is 0.923. The molecule has 1 unspecified atom stereocenters. The first kappa shape index (κ1) is 15.4. The molecule has 0 bridgehead atoms. The van der Waals surface area contributed by atoms with Gasteiger partial charge in [0.15, 0.2) is 0 Å². The molecule has 1 fully saturated rings. The second-order valence-electron chi connectivity index (χ2n) is 4.91. The lowest BCUT2D eigenvalue weighted by atomic mass is 10.1. The van der Waals surface area contributed by atoms with Gasteiger partial charge in [-0.05, 0) is 26.3 Å². The van der Waals surface area contributed by atoms with Crippen LogP contribution in [0.1, 0.15) is 26.7 Å². The highest BCUT2D eigenvalue weighted by molar-refractivity contribution is 5.77. The molecule has 0 spiro atoms. The maximum atomic E-state index is 11.5. The summed E-state index contributed by atoms with van der Waals surface area (Å²) in [4.78, 5) is 16.3. The van der Waals surface area contributed by atoms with Crippen LogP contribution in [0.2, 0.25) is 0 Å². The molecular weight excluding hydrogens is 228 g/mol. The molecule has 18 heavy (non-hydrogen) atoms. The first-order valence-electron chi connectivity index (χ1n) is 7.14. The number of nitrogens with zero attached hydrogens (tertiary/aromatic N) is 2. The number of nitrogens with two attached hydrogens (primary N) is 1. The van der Waals surface area contributed by atoms with Gasteiger partial charge in [0.2, 0.25) is 5.91 Å². The lowest BCUT2D eigenvalue weighted by Crippen LogP contribution is -2.52. The number of amides is 1. The zero-order valence-electron chi connectivity index (χ0n) is 11.8. The number of carbonyl (C=O) groups excluding carboxylic acids is 1. The van der Waals surface area contributed by atoms with Crippen LogP contribution in [0.15, 0.2) is 0 Å². The highest BCUT2D eigenvalue weighted by Crippen LogP contribution is 2.11. The third kappa shape index (κ3) is 4.92. The van der Waals surface area contributed by atoms with E-state index >= 15 is 0 Å². The Morgan fingerprint density at radius 1 is 1.28 bits per heavy atom. The number of carbonyl (C=O) groups is 1. The number of hydrogen-bond donors (Lipinski definition) is 2. The van der Waals surface area contributed by atoms with Crippen LogP contribution in [0.3, 0.4) is 0 Å². The zero-order chi connectivity index (χ0) is 13.4. The largest absolute Gasteiger partial charge is 0.355 e. The van der Waals surface area contributed by atoms with Crippen molar-refractivity contribution in [3.05, 3.63) is 0 Å². The van der Waals surface area contributed by atoms with Gasteiger partial charge in [-0.25, -0.2) is 0 Å². The molecule has 1 aliphatic rings. The van der Waals surface area contributed by atoms with Crippen LogP contribution in [0, 0.1) is 0 Å². The molecule has 0 saturated carbocycles. The highest BCUT2D eigenvalue weighted by Gasteiger charge is 2.23. The van der Waals surface area contributed by atoms with Crippen LogP contribution in [0.25, 0.3) is 0 Å². The van der Waals surface area contributed by atoms with E-state index in [9.17, 15) is 4.79 Å². The topological polar surface area (TPSA) is 61.6 Å². The maximum absolute atomic E-state index is 11.5. The van der Waals surface area contributed by atoms with E-state index in [0.717, 1.165) is 45.6 Å². The third-order valence-corrected chi connectivity index (χ3v) is 3.64. The van der Waals surface area contributed by atoms with Crippen molar-refractivity contribution in [3.8, 4) is 0 Å². The van der Waals surface area contributed by atoms with Crippen LogP contribution < -0.4 is 11.1 Å². The Morgan fingerprint density at radius 3 is 2.44 bits per heavy atom. The van der Waals surface area contributed by atoms with E-state index in [0.29, 0.717) is 19.1 Å². The summed E-state index contributed by atoms with van der Waals surface area (Å²) in [5, 5.41) is 2.85. The summed E-state index contributed by atoms with van der Waals surface area (Å²) in [6.07, 6.45) is 2.24. The lowest BCUT2D eigenvalue weighted by Gasteiger charge is -2.38. The number of rotatable bonds is 7. The number of likely N-dealkylation sites (N-methyl/N-ethyl adjacent to an activating group) is 1. The van der Waals surface area contributed by atoms with Gasteiger partial charge in [0.1, 0.15) is 0 Å². The van der Waals surface area contributed by atoms with E-state index in [4.69, 9.17) is 5.73 Å². The second-order valence-corrected chi connectivity index (χ2v) is 4.91. The summed E-state index contributed by atoms with van der Waals surface area (Å²) >= 11 is 0. The van der Waals surface area contributed by atoms with Gasteiger partial charge in [-0.15, -0.1) is 0 Å². The highest BCUT2D eigenvalue weighted by atomic mass is 16.2. The molecule has 1 amide bonds. The van der Waals surface area contributed by atoms with Crippen molar-refractivity contribution >= 4 is 5.91 Å². The molecule has 106 valence electrons.